The van der Waals surface area contributed by atoms with Gasteiger partial charge in [-0.25, -0.2) is 4.98 Å². The van der Waals surface area contributed by atoms with E-state index in [1.165, 1.54) is 17.8 Å². The van der Waals surface area contributed by atoms with Gasteiger partial charge in [0.05, 0.1) is 0 Å². The molecule has 0 bridgehead atoms. The van der Waals surface area contributed by atoms with Crippen LogP contribution in [0.3, 0.4) is 0 Å². The number of amides is 2. The predicted octanol–water partition coefficient (Wildman–Crippen LogP) is 1.07. The average Bonchev–Trinajstić information content (AvgIpc) is 2.62. The second-order valence-corrected chi connectivity index (χ2v) is 6.99. The molecule has 1 aromatic rings. The van der Waals surface area contributed by atoms with Crippen LogP contribution in [0.1, 0.15) is 49.2 Å². The van der Waals surface area contributed by atoms with E-state index in [2.05, 4.69) is 15.6 Å². The van der Waals surface area contributed by atoms with E-state index in [1.54, 1.807) is 13.8 Å². The molecule has 0 atom stereocenters. The molecule has 7 nitrogen and oxygen atoms in total. The molecule has 1 aromatic heterocycles. The van der Waals surface area contributed by atoms with Crippen LogP contribution in [-0.2, 0) is 4.79 Å². The molecule has 0 saturated heterocycles. The molecule has 1 aliphatic carbocycles. The highest BCUT2D eigenvalue weighted by Crippen LogP contribution is 2.29. The van der Waals surface area contributed by atoms with Crippen molar-refractivity contribution in [1.82, 2.24) is 10.3 Å². The quantitative estimate of drug-likeness (QED) is 0.626. The number of thiazole rings is 1. The summed E-state index contributed by atoms with van der Waals surface area (Å²) < 4.78 is 0. The Morgan fingerprint density at radius 1 is 1.43 bits per heavy atom. The van der Waals surface area contributed by atoms with Gasteiger partial charge in [-0.15, -0.1) is 0 Å². The van der Waals surface area contributed by atoms with E-state index in [-0.39, 0.29) is 18.1 Å². The molecule has 8 heteroatoms. The number of anilines is 2. The Morgan fingerprint density at radius 3 is 2.62 bits per heavy atom. The van der Waals surface area contributed by atoms with Gasteiger partial charge < -0.3 is 22.1 Å². The largest absolute Gasteiger partial charge is 0.382 e. The van der Waals surface area contributed by atoms with Crippen molar-refractivity contribution in [3.63, 3.8) is 0 Å². The molecule has 1 heterocycles. The first-order valence-corrected chi connectivity index (χ1v) is 7.72. The van der Waals surface area contributed by atoms with Gasteiger partial charge in [0.15, 0.2) is 5.13 Å². The first-order valence-electron chi connectivity index (χ1n) is 6.90. The zero-order valence-electron chi connectivity index (χ0n) is 12.2. The second-order valence-electron chi connectivity index (χ2n) is 5.99. The van der Waals surface area contributed by atoms with Crippen LogP contribution < -0.4 is 22.1 Å². The van der Waals surface area contributed by atoms with Crippen molar-refractivity contribution in [1.29, 1.82) is 0 Å². The molecule has 2 rings (SSSR count). The fourth-order valence-electron chi connectivity index (χ4n) is 2.13. The van der Waals surface area contributed by atoms with Crippen LogP contribution in [0, 0.1) is 0 Å². The van der Waals surface area contributed by atoms with E-state index in [0.717, 1.165) is 12.8 Å². The molecule has 21 heavy (non-hydrogen) atoms. The third-order valence-electron chi connectivity index (χ3n) is 3.36. The van der Waals surface area contributed by atoms with Crippen LogP contribution in [-0.4, -0.2) is 28.4 Å². The number of carbonyl (C=O) groups excluding carboxylic acids is 2. The number of rotatable bonds is 6. The number of nitrogens with two attached hydrogens (primary N) is 2. The van der Waals surface area contributed by atoms with Gasteiger partial charge in [-0.05, 0) is 33.1 Å². The molecule has 1 saturated carbocycles. The molecular formula is C13H21N5O2S. The third-order valence-corrected chi connectivity index (χ3v) is 4.36. The summed E-state index contributed by atoms with van der Waals surface area (Å²) in [7, 11) is 0. The highest BCUT2D eigenvalue weighted by atomic mass is 32.1. The first-order chi connectivity index (χ1) is 9.77. The molecule has 0 aliphatic heterocycles. The number of hydrogen-bond acceptors (Lipinski definition) is 6. The van der Waals surface area contributed by atoms with Crippen molar-refractivity contribution in [3.8, 4) is 0 Å². The summed E-state index contributed by atoms with van der Waals surface area (Å²) in [6, 6.07) is 0.428. The van der Waals surface area contributed by atoms with Gasteiger partial charge in [0.2, 0.25) is 5.91 Å². The molecule has 0 unspecified atom stereocenters. The zero-order valence-corrected chi connectivity index (χ0v) is 13.0. The molecule has 6 N–H and O–H groups in total. The summed E-state index contributed by atoms with van der Waals surface area (Å²) in [5, 5.41) is 6.69. The van der Waals surface area contributed by atoms with Gasteiger partial charge >= 0.3 is 0 Å². The van der Waals surface area contributed by atoms with Crippen LogP contribution in [0.5, 0.6) is 0 Å². The predicted molar refractivity (Wildman–Crippen MR) is 83.1 cm³/mol. The number of aromatic nitrogens is 1. The van der Waals surface area contributed by atoms with Crippen molar-refractivity contribution in [2.45, 2.75) is 51.1 Å². The van der Waals surface area contributed by atoms with E-state index in [9.17, 15) is 9.59 Å². The molecular weight excluding hydrogens is 290 g/mol. The van der Waals surface area contributed by atoms with Crippen molar-refractivity contribution in [2.75, 3.05) is 11.1 Å². The summed E-state index contributed by atoms with van der Waals surface area (Å²) in [5.41, 5.74) is 10.3. The van der Waals surface area contributed by atoms with E-state index in [4.69, 9.17) is 11.5 Å². The van der Waals surface area contributed by atoms with Crippen LogP contribution in [0.25, 0.3) is 0 Å². The molecule has 116 valence electrons. The Hall–Kier alpha value is -1.83. The first kappa shape index (κ1) is 15.6. The smallest absolute Gasteiger partial charge is 0.265 e. The van der Waals surface area contributed by atoms with Crippen LogP contribution >= 0.6 is 11.3 Å². The molecule has 0 radical (unpaired) electrons. The van der Waals surface area contributed by atoms with Gasteiger partial charge in [-0.3, -0.25) is 9.59 Å². The fourth-order valence-corrected chi connectivity index (χ4v) is 2.98. The minimum Gasteiger partial charge on any atom is -0.382 e. The lowest BCUT2D eigenvalue weighted by molar-refractivity contribution is -0.119. The number of hydrogen-bond donors (Lipinski definition) is 4. The Morgan fingerprint density at radius 2 is 2.10 bits per heavy atom. The Balaban J connectivity index is 2.02. The topological polar surface area (TPSA) is 123 Å². The van der Waals surface area contributed by atoms with E-state index in [1.807, 2.05) is 0 Å². The highest BCUT2D eigenvalue weighted by Gasteiger charge is 2.27. The van der Waals surface area contributed by atoms with Gasteiger partial charge in [0, 0.05) is 18.0 Å². The number of carbonyl (C=O) groups is 2. The monoisotopic (exact) mass is 311 g/mol. The maximum Gasteiger partial charge on any atom is 0.265 e. The summed E-state index contributed by atoms with van der Waals surface area (Å²) in [6.07, 6.45) is 3.51. The van der Waals surface area contributed by atoms with E-state index < -0.39 is 11.4 Å². The maximum absolute atomic E-state index is 12.2. The van der Waals surface area contributed by atoms with Crippen LogP contribution in [0.15, 0.2) is 0 Å². The van der Waals surface area contributed by atoms with Crippen molar-refractivity contribution < 1.29 is 9.59 Å². The Kier molecular flexibility index (Phi) is 4.36. The van der Waals surface area contributed by atoms with Crippen molar-refractivity contribution >= 4 is 34.1 Å². The standard InChI is InChI=1S/C13H21N5O2S/c1-13(2,6-8(14)19)18-11(20)9-10(15)17-12(21-9)16-7-4-3-5-7/h7H,3-6,15H2,1-2H3,(H2,14,19)(H,16,17)(H,18,20). The third kappa shape index (κ3) is 4.07. The van der Waals surface area contributed by atoms with Crippen molar-refractivity contribution in [2.24, 2.45) is 5.73 Å². The lowest BCUT2D eigenvalue weighted by Gasteiger charge is -2.25. The summed E-state index contributed by atoms with van der Waals surface area (Å²) in [5.74, 6) is -0.600. The lowest BCUT2D eigenvalue weighted by Crippen LogP contribution is -2.45. The van der Waals surface area contributed by atoms with Gasteiger partial charge in [-0.2, -0.15) is 0 Å². The molecule has 2 amide bonds. The molecule has 1 aliphatic rings. The zero-order chi connectivity index (χ0) is 15.6. The number of primary amides is 1. The summed E-state index contributed by atoms with van der Waals surface area (Å²) in [4.78, 5) is 27.8. The summed E-state index contributed by atoms with van der Waals surface area (Å²) in [6.45, 7) is 3.47. The molecule has 0 aromatic carbocycles. The van der Waals surface area contributed by atoms with E-state index >= 15 is 0 Å². The van der Waals surface area contributed by atoms with E-state index in [0.29, 0.717) is 16.1 Å². The molecule has 0 spiro atoms. The van der Waals surface area contributed by atoms with Crippen LogP contribution in [0.4, 0.5) is 10.9 Å². The van der Waals surface area contributed by atoms with Gasteiger partial charge in [0.25, 0.3) is 5.91 Å². The van der Waals surface area contributed by atoms with Crippen LogP contribution in [0.2, 0.25) is 0 Å². The van der Waals surface area contributed by atoms with Crippen molar-refractivity contribution in [3.05, 3.63) is 4.88 Å². The second kappa shape index (κ2) is 5.88. The molecule has 1 fully saturated rings. The van der Waals surface area contributed by atoms with Gasteiger partial charge in [0.1, 0.15) is 10.7 Å². The Bertz CT molecular complexity index is 551. The maximum atomic E-state index is 12.2. The Labute approximate surface area is 127 Å². The SMILES string of the molecule is CC(C)(CC(N)=O)NC(=O)c1sc(NC2CCC2)nc1N. The minimum absolute atomic E-state index is 0.0601. The minimum atomic E-state index is -0.721. The number of nitrogens with one attached hydrogen (secondary N) is 2. The summed E-state index contributed by atoms with van der Waals surface area (Å²) >= 11 is 1.23. The number of nitrogens with zero attached hydrogens (tertiary/aromatic N) is 1. The fraction of sp³-hybridized carbons (Fsp3) is 0.615. The highest BCUT2D eigenvalue weighted by molar-refractivity contribution is 7.18. The average molecular weight is 311 g/mol. The van der Waals surface area contributed by atoms with Gasteiger partial charge in [-0.1, -0.05) is 11.3 Å². The lowest BCUT2D eigenvalue weighted by atomic mass is 9.93. The number of nitrogen functional groups attached to an aromatic ring is 1. The normalized spacial score (nSPS) is 15.3.